The van der Waals surface area contributed by atoms with Crippen LogP contribution >= 0.6 is 22.7 Å². The van der Waals surface area contributed by atoms with E-state index < -0.39 is 11.6 Å². The number of ether oxygens (including phenoxy) is 1. The van der Waals surface area contributed by atoms with Crippen LogP contribution in [0.3, 0.4) is 0 Å². The van der Waals surface area contributed by atoms with Gasteiger partial charge in [-0.25, -0.2) is 9.78 Å². The Labute approximate surface area is 136 Å². The minimum Gasteiger partial charge on any atom is -0.455 e. The van der Waals surface area contributed by atoms with E-state index in [1.54, 1.807) is 17.4 Å². The van der Waals surface area contributed by atoms with Gasteiger partial charge in [-0.15, -0.1) is 22.7 Å². The molecular formula is C16H16N2O2S2. The Kier molecular flexibility index (Phi) is 3.66. The van der Waals surface area contributed by atoms with Gasteiger partial charge in [0.2, 0.25) is 0 Å². The van der Waals surface area contributed by atoms with Crippen LogP contribution in [0.25, 0.3) is 20.0 Å². The summed E-state index contributed by atoms with van der Waals surface area (Å²) >= 11 is 3.13. The lowest BCUT2D eigenvalue weighted by Crippen LogP contribution is -2.24. The first-order chi connectivity index (χ1) is 10.3. The molecule has 3 aromatic rings. The fourth-order valence-electron chi connectivity index (χ4n) is 2.03. The van der Waals surface area contributed by atoms with Crippen molar-refractivity contribution in [3.63, 3.8) is 0 Å². The molecule has 0 aliphatic rings. The molecule has 0 aliphatic carbocycles. The molecule has 6 heteroatoms. The quantitative estimate of drug-likeness (QED) is 0.699. The predicted octanol–water partition coefficient (Wildman–Crippen LogP) is 4.56. The van der Waals surface area contributed by atoms with Crippen LogP contribution in [0.2, 0.25) is 0 Å². The van der Waals surface area contributed by atoms with E-state index in [1.807, 2.05) is 44.4 Å². The van der Waals surface area contributed by atoms with Crippen LogP contribution in [-0.4, -0.2) is 16.6 Å². The summed E-state index contributed by atoms with van der Waals surface area (Å²) in [5.74, 6) is -0.418. The minimum absolute atomic E-state index is 0.307. The number of hydrogen-bond acceptors (Lipinski definition) is 6. The number of carbonyl (C=O) groups excluding carboxylic acids is 1. The number of esters is 1. The Morgan fingerprint density at radius 3 is 2.68 bits per heavy atom. The second-order valence-corrected chi connectivity index (χ2v) is 7.82. The van der Waals surface area contributed by atoms with Gasteiger partial charge >= 0.3 is 5.97 Å². The van der Waals surface area contributed by atoms with Gasteiger partial charge in [0, 0.05) is 10.3 Å². The number of hydrogen-bond donors (Lipinski definition) is 1. The number of rotatable bonds is 2. The highest BCUT2D eigenvalue weighted by Gasteiger charge is 2.20. The molecule has 0 unspecified atom stereocenters. The molecule has 0 bridgehead atoms. The van der Waals surface area contributed by atoms with E-state index in [4.69, 9.17) is 10.5 Å². The van der Waals surface area contributed by atoms with Crippen molar-refractivity contribution in [1.82, 2.24) is 4.98 Å². The van der Waals surface area contributed by atoms with Gasteiger partial charge in [-0.05, 0) is 44.4 Å². The number of fused-ring (bicyclic) bond motifs is 1. The average Bonchev–Trinajstić information content (AvgIpc) is 3.04. The molecule has 0 aromatic carbocycles. The summed E-state index contributed by atoms with van der Waals surface area (Å²) in [6.07, 6.45) is 0. The summed E-state index contributed by atoms with van der Waals surface area (Å²) in [5.41, 5.74) is 6.70. The summed E-state index contributed by atoms with van der Waals surface area (Å²) in [6.45, 7) is 5.50. The van der Waals surface area contributed by atoms with Crippen molar-refractivity contribution in [3.05, 3.63) is 35.3 Å². The van der Waals surface area contributed by atoms with Crippen LogP contribution in [0.5, 0.6) is 0 Å². The molecule has 3 heterocycles. The van der Waals surface area contributed by atoms with Gasteiger partial charge in [-0.2, -0.15) is 0 Å². The van der Waals surface area contributed by atoms with Crippen LogP contribution in [0.1, 0.15) is 31.3 Å². The van der Waals surface area contributed by atoms with Crippen molar-refractivity contribution in [1.29, 1.82) is 0 Å². The van der Waals surface area contributed by atoms with E-state index >= 15 is 0 Å². The zero-order valence-corrected chi connectivity index (χ0v) is 14.2. The standard InChI is InChI=1S/C16H16N2O2S2/c1-16(2,3)20-15(19)10-7-6-9-12(17)13(22-14(9)18-10)11-5-4-8-21-11/h4-8H,17H2,1-3H3. The molecule has 0 saturated carbocycles. The third kappa shape index (κ3) is 2.84. The molecule has 0 spiro atoms. The van der Waals surface area contributed by atoms with Crippen molar-refractivity contribution in [2.45, 2.75) is 26.4 Å². The van der Waals surface area contributed by atoms with Crippen molar-refractivity contribution < 1.29 is 9.53 Å². The molecule has 3 rings (SSSR count). The molecule has 114 valence electrons. The number of pyridine rings is 1. The monoisotopic (exact) mass is 332 g/mol. The summed E-state index contributed by atoms with van der Waals surface area (Å²) in [4.78, 5) is 19.4. The molecule has 2 N–H and O–H groups in total. The summed E-state index contributed by atoms with van der Waals surface area (Å²) in [7, 11) is 0. The predicted molar refractivity (Wildman–Crippen MR) is 92.5 cm³/mol. The highest BCUT2D eigenvalue weighted by Crippen LogP contribution is 2.41. The van der Waals surface area contributed by atoms with Gasteiger partial charge in [0.15, 0.2) is 0 Å². The molecule has 0 aliphatic heterocycles. The maximum atomic E-state index is 12.1. The summed E-state index contributed by atoms with van der Waals surface area (Å²) in [6, 6.07) is 7.52. The number of carbonyl (C=O) groups is 1. The van der Waals surface area contributed by atoms with E-state index in [9.17, 15) is 4.79 Å². The number of nitrogen functional groups attached to an aromatic ring is 1. The van der Waals surface area contributed by atoms with Crippen molar-refractivity contribution in [2.24, 2.45) is 0 Å². The lowest BCUT2D eigenvalue weighted by Gasteiger charge is -2.18. The van der Waals surface area contributed by atoms with Gasteiger partial charge in [0.25, 0.3) is 0 Å². The molecule has 4 nitrogen and oxygen atoms in total. The summed E-state index contributed by atoms with van der Waals surface area (Å²) in [5, 5.41) is 2.89. The SMILES string of the molecule is CC(C)(C)OC(=O)c1ccc2c(N)c(-c3cccs3)sc2n1. The maximum absolute atomic E-state index is 12.1. The first-order valence-electron chi connectivity index (χ1n) is 6.81. The second kappa shape index (κ2) is 5.37. The van der Waals surface area contributed by atoms with Crippen LogP contribution in [-0.2, 0) is 4.74 Å². The Bertz CT molecular complexity index is 830. The first-order valence-corrected chi connectivity index (χ1v) is 8.51. The van der Waals surface area contributed by atoms with E-state index in [1.165, 1.54) is 11.3 Å². The van der Waals surface area contributed by atoms with Gasteiger partial charge in [0.1, 0.15) is 16.1 Å². The highest BCUT2D eigenvalue weighted by molar-refractivity contribution is 7.26. The zero-order valence-electron chi connectivity index (χ0n) is 12.5. The van der Waals surface area contributed by atoms with Gasteiger partial charge in [-0.3, -0.25) is 0 Å². The number of anilines is 1. The number of thiophene rings is 2. The molecular weight excluding hydrogens is 316 g/mol. The Hall–Kier alpha value is -1.92. The van der Waals surface area contributed by atoms with Crippen LogP contribution in [0, 0.1) is 0 Å². The molecule has 0 radical (unpaired) electrons. The number of nitrogens with two attached hydrogens (primary N) is 1. The van der Waals surface area contributed by atoms with Crippen LogP contribution < -0.4 is 5.73 Å². The van der Waals surface area contributed by atoms with Crippen molar-refractivity contribution in [2.75, 3.05) is 5.73 Å². The molecule has 22 heavy (non-hydrogen) atoms. The Morgan fingerprint density at radius 1 is 1.27 bits per heavy atom. The average molecular weight is 332 g/mol. The molecule has 0 atom stereocenters. The Balaban J connectivity index is 2.02. The lowest BCUT2D eigenvalue weighted by molar-refractivity contribution is 0.00633. The smallest absolute Gasteiger partial charge is 0.357 e. The molecule has 3 aromatic heterocycles. The van der Waals surface area contributed by atoms with E-state index in [0.29, 0.717) is 11.4 Å². The fraction of sp³-hybridized carbons (Fsp3) is 0.250. The highest BCUT2D eigenvalue weighted by atomic mass is 32.1. The van der Waals surface area contributed by atoms with Crippen LogP contribution in [0.15, 0.2) is 29.6 Å². The van der Waals surface area contributed by atoms with Gasteiger partial charge in [0.05, 0.1) is 10.6 Å². The second-order valence-electron chi connectivity index (χ2n) is 5.87. The van der Waals surface area contributed by atoms with Crippen molar-refractivity contribution in [3.8, 4) is 9.75 Å². The van der Waals surface area contributed by atoms with Gasteiger partial charge in [-0.1, -0.05) is 6.07 Å². The number of aromatic nitrogens is 1. The lowest BCUT2D eigenvalue weighted by atomic mass is 10.2. The Morgan fingerprint density at radius 2 is 2.05 bits per heavy atom. The number of nitrogens with zero attached hydrogens (tertiary/aromatic N) is 1. The van der Waals surface area contributed by atoms with Crippen molar-refractivity contribution >= 4 is 44.5 Å². The van der Waals surface area contributed by atoms with E-state index in [0.717, 1.165) is 20.0 Å². The van der Waals surface area contributed by atoms with E-state index in [-0.39, 0.29) is 0 Å². The topological polar surface area (TPSA) is 65.2 Å². The molecule has 0 fully saturated rings. The maximum Gasteiger partial charge on any atom is 0.357 e. The minimum atomic E-state index is -0.537. The third-order valence-corrected chi connectivity index (χ3v) is 5.11. The molecule has 0 amide bonds. The first kappa shape index (κ1) is 15.0. The summed E-state index contributed by atoms with van der Waals surface area (Å²) < 4.78 is 5.36. The zero-order chi connectivity index (χ0) is 15.9. The normalized spacial score (nSPS) is 11.8. The molecule has 0 saturated heterocycles. The van der Waals surface area contributed by atoms with Crippen LogP contribution in [0.4, 0.5) is 5.69 Å². The van der Waals surface area contributed by atoms with Gasteiger partial charge < -0.3 is 10.5 Å². The fourth-order valence-corrected chi connectivity index (χ4v) is 3.99. The largest absolute Gasteiger partial charge is 0.455 e. The van der Waals surface area contributed by atoms with E-state index in [2.05, 4.69) is 4.98 Å². The third-order valence-electron chi connectivity index (χ3n) is 2.95.